The minimum Gasteiger partial charge on any atom is -0.444 e. The van der Waals surface area contributed by atoms with E-state index in [0.717, 1.165) is 17.9 Å². The number of anilines is 1. The molecular formula is C27H35N9O4S. The van der Waals surface area contributed by atoms with Crippen LogP contribution < -0.4 is 33.2 Å². The summed E-state index contributed by atoms with van der Waals surface area (Å²) in [6.45, 7) is 5.49. The topological polar surface area (TPSA) is 177 Å². The van der Waals surface area contributed by atoms with Crippen molar-refractivity contribution in [3.63, 3.8) is 0 Å². The van der Waals surface area contributed by atoms with Gasteiger partial charge >= 0.3 is 6.09 Å². The third-order valence-corrected chi connectivity index (χ3v) is 7.70. The lowest BCUT2D eigenvalue weighted by Crippen LogP contribution is -2.43. The Labute approximate surface area is 242 Å². The molecule has 0 fully saturated rings. The maximum Gasteiger partial charge on any atom is 0.411 e. The first kappa shape index (κ1) is 28.4. The van der Waals surface area contributed by atoms with Crippen molar-refractivity contribution in [2.24, 2.45) is 11.7 Å². The molecule has 3 aliphatic heterocycles. The molecule has 0 spiro atoms. The van der Waals surface area contributed by atoms with Gasteiger partial charge in [-0.1, -0.05) is 30.0 Å². The first-order valence-electron chi connectivity index (χ1n) is 13.2. The summed E-state index contributed by atoms with van der Waals surface area (Å²) in [6.07, 6.45) is 12.2. The van der Waals surface area contributed by atoms with Crippen molar-refractivity contribution in [1.29, 1.82) is 0 Å². The zero-order valence-electron chi connectivity index (χ0n) is 23.3. The molecule has 14 heteroatoms. The molecule has 5 rings (SSSR count). The molecule has 1 aromatic rings. The molecule has 0 atom stereocenters. The van der Waals surface area contributed by atoms with E-state index in [-0.39, 0.29) is 24.8 Å². The Morgan fingerprint density at radius 3 is 2.59 bits per heavy atom. The number of carbonyl (C=O) groups is 3. The molecule has 0 unspecified atom stereocenters. The van der Waals surface area contributed by atoms with Crippen LogP contribution in [0.1, 0.15) is 55.4 Å². The molecule has 4 heterocycles. The molecule has 41 heavy (non-hydrogen) atoms. The SMILES string of the molecule is CC(C)(C)OC(=O)N1CC(=O)c2c(N(N)C3=CCCC=C3)c(C3=CCNC(N(N)C(=O)C4=CNCS4)=C3)n(N)c2C1. The van der Waals surface area contributed by atoms with Crippen molar-refractivity contribution in [3.8, 4) is 0 Å². The Morgan fingerprint density at radius 1 is 1.15 bits per heavy atom. The zero-order valence-corrected chi connectivity index (χ0v) is 24.1. The third-order valence-electron chi connectivity index (χ3n) is 6.79. The van der Waals surface area contributed by atoms with Gasteiger partial charge in [-0.15, -0.1) is 0 Å². The molecule has 218 valence electrons. The van der Waals surface area contributed by atoms with E-state index in [1.165, 1.54) is 26.3 Å². The highest BCUT2D eigenvalue weighted by molar-refractivity contribution is 8.04. The van der Waals surface area contributed by atoms with E-state index < -0.39 is 11.7 Å². The van der Waals surface area contributed by atoms with Gasteiger partial charge < -0.3 is 21.2 Å². The second kappa shape index (κ2) is 11.0. The lowest BCUT2D eigenvalue weighted by Gasteiger charge is -2.30. The monoisotopic (exact) mass is 581 g/mol. The van der Waals surface area contributed by atoms with Crippen LogP contribution in [0.2, 0.25) is 0 Å². The fraction of sp³-hybridized carbons (Fsp3) is 0.370. The van der Waals surface area contributed by atoms with Gasteiger partial charge in [0.1, 0.15) is 11.4 Å². The number of nitrogens with zero attached hydrogens (tertiary/aromatic N) is 4. The molecule has 1 aromatic heterocycles. The van der Waals surface area contributed by atoms with E-state index in [4.69, 9.17) is 22.3 Å². The van der Waals surface area contributed by atoms with E-state index in [2.05, 4.69) is 10.6 Å². The number of fused-ring (bicyclic) bond motifs is 1. The number of nitrogens with one attached hydrogen (secondary N) is 2. The maximum absolute atomic E-state index is 13.7. The summed E-state index contributed by atoms with van der Waals surface area (Å²) < 4.78 is 6.91. The normalized spacial score (nSPS) is 18.4. The summed E-state index contributed by atoms with van der Waals surface area (Å²) in [5.41, 5.74) is 2.19. The molecule has 1 aliphatic carbocycles. The van der Waals surface area contributed by atoms with Crippen LogP contribution in [-0.2, 0) is 16.1 Å². The molecule has 2 amide bonds. The average molecular weight is 582 g/mol. The Kier molecular flexibility index (Phi) is 7.64. The predicted molar refractivity (Wildman–Crippen MR) is 157 cm³/mol. The fourth-order valence-electron chi connectivity index (χ4n) is 4.92. The summed E-state index contributed by atoms with van der Waals surface area (Å²) in [5, 5.41) is 8.62. The lowest BCUT2D eigenvalue weighted by molar-refractivity contribution is -0.125. The quantitative estimate of drug-likeness (QED) is 0.194. The first-order valence-corrected chi connectivity index (χ1v) is 14.2. The second-order valence-electron chi connectivity index (χ2n) is 10.9. The number of nitrogen functional groups attached to an aromatic ring is 1. The number of nitrogens with two attached hydrogens (primary N) is 3. The third kappa shape index (κ3) is 5.58. The molecule has 0 bridgehead atoms. The van der Waals surface area contributed by atoms with E-state index in [0.29, 0.717) is 57.1 Å². The van der Waals surface area contributed by atoms with Crippen LogP contribution >= 0.6 is 11.8 Å². The molecule has 0 aromatic carbocycles. The van der Waals surface area contributed by atoms with E-state index in [1.54, 1.807) is 33.0 Å². The molecule has 0 saturated heterocycles. The lowest BCUT2D eigenvalue weighted by atomic mass is 10.0. The van der Waals surface area contributed by atoms with E-state index >= 15 is 0 Å². The number of amides is 2. The van der Waals surface area contributed by atoms with E-state index in [9.17, 15) is 14.4 Å². The van der Waals surface area contributed by atoms with Crippen molar-refractivity contribution in [1.82, 2.24) is 25.2 Å². The first-order chi connectivity index (χ1) is 19.5. The van der Waals surface area contributed by atoms with Crippen LogP contribution in [0.4, 0.5) is 10.5 Å². The van der Waals surface area contributed by atoms with Crippen LogP contribution in [0.15, 0.2) is 53.0 Å². The Balaban J connectivity index is 1.58. The largest absolute Gasteiger partial charge is 0.444 e. The van der Waals surface area contributed by atoms with Gasteiger partial charge in [0.05, 0.1) is 52.2 Å². The Bertz CT molecular complexity index is 1450. The zero-order chi connectivity index (χ0) is 29.5. The number of ether oxygens (including phenoxy) is 1. The highest BCUT2D eigenvalue weighted by Gasteiger charge is 2.39. The molecule has 4 aliphatic rings. The van der Waals surface area contributed by atoms with Crippen molar-refractivity contribution < 1.29 is 19.1 Å². The summed E-state index contributed by atoms with van der Waals surface area (Å²) >= 11 is 1.36. The van der Waals surface area contributed by atoms with Gasteiger partial charge in [0, 0.05) is 18.3 Å². The Morgan fingerprint density at radius 2 is 1.93 bits per heavy atom. The van der Waals surface area contributed by atoms with Crippen molar-refractivity contribution >= 4 is 40.8 Å². The minimum absolute atomic E-state index is 0.0458. The number of rotatable bonds is 5. The van der Waals surface area contributed by atoms with Gasteiger partial charge in [-0.25, -0.2) is 21.5 Å². The number of hydrogen-bond acceptors (Lipinski definition) is 11. The number of hydrazine groups is 2. The minimum atomic E-state index is -0.731. The number of thioether (sulfide) groups is 1. The van der Waals surface area contributed by atoms with Crippen LogP contribution in [0.25, 0.3) is 5.57 Å². The number of Topliss-reactive ketones (excluding diaryl/α,β-unsaturated/α-hetero) is 1. The summed E-state index contributed by atoms with van der Waals surface area (Å²) in [5.74, 6) is 19.9. The summed E-state index contributed by atoms with van der Waals surface area (Å²) in [4.78, 5) is 41.3. The molecule has 13 nitrogen and oxygen atoms in total. The predicted octanol–water partition coefficient (Wildman–Crippen LogP) is 1.71. The smallest absolute Gasteiger partial charge is 0.411 e. The van der Waals surface area contributed by atoms with Gasteiger partial charge in [0.15, 0.2) is 5.78 Å². The maximum atomic E-state index is 13.7. The van der Waals surface area contributed by atoms with Gasteiger partial charge in [0.25, 0.3) is 5.91 Å². The van der Waals surface area contributed by atoms with Gasteiger partial charge in [-0.05, 0) is 45.8 Å². The molecular weight excluding hydrogens is 546 g/mol. The molecule has 8 N–H and O–H groups in total. The number of aromatic nitrogens is 1. The molecule has 0 saturated carbocycles. The second-order valence-corrected chi connectivity index (χ2v) is 11.9. The number of dihydropyridines is 1. The number of carbonyl (C=O) groups excluding carboxylic acids is 3. The molecule has 0 radical (unpaired) electrons. The highest BCUT2D eigenvalue weighted by Crippen LogP contribution is 2.40. The number of allylic oxidation sites excluding steroid dienone is 5. The van der Waals surface area contributed by atoms with E-state index in [1.807, 2.05) is 24.3 Å². The average Bonchev–Trinajstić information content (AvgIpc) is 3.58. The number of hydrogen-bond donors (Lipinski definition) is 5. The fourth-order valence-corrected chi connectivity index (χ4v) is 5.64. The standard InChI is InChI=1S/C27H35N9O4S/c1-27(2,3)40-26(39)33-13-18-22(19(37)14-33)24(34(28)17-7-5-4-6-8-17)23(35(18)29)16-9-10-32-21(11-16)36(30)25(38)20-12-31-15-41-20/h5,7-9,11-12,31-32H,4,6,10,13-15,28-30H2,1-3H3. The summed E-state index contributed by atoms with van der Waals surface area (Å²) in [6, 6.07) is 0. The van der Waals surface area contributed by atoms with Crippen LogP contribution in [-0.4, -0.2) is 56.9 Å². The number of ketones is 1. The summed E-state index contributed by atoms with van der Waals surface area (Å²) in [7, 11) is 0. The Hall–Kier alpha value is -4.14. The van der Waals surface area contributed by atoms with Gasteiger partial charge in [-0.2, -0.15) is 0 Å². The van der Waals surface area contributed by atoms with Crippen molar-refractivity contribution in [3.05, 3.63) is 70.0 Å². The van der Waals surface area contributed by atoms with Gasteiger partial charge in [0.2, 0.25) is 0 Å². The highest BCUT2D eigenvalue weighted by atomic mass is 32.2. The van der Waals surface area contributed by atoms with Crippen LogP contribution in [0.3, 0.4) is 0 Å². The van der Waals surface area contributed by atoms with Crippen molar-refractivity contribution in [2.75, 3.05) is 29.8 Å². The van der Waals surface area contributed by atoms with Crippen LogP contribution in [0.5, 0.6) is 0 Å². The van der Waals surface area contributed by atoms with Crippen LogP contribution in [0, 0.1) is 0 Å². The van der Waals surface area contributed by atoms with Crippen molar-refractivity contribution in [2.45, 2.75) is 45.8 Å². The van der Waals surface area contributed by atoms with Gasteiger partial charge in [-0.3, -0.25) is 24.2 Å².